The van der Waals surface area contributed by atoms with Gasteiger partial charge in [0.15, 0.2) is 0 Å². The van der Waals surface area contributed by atoms with Gasteiger partial charge < -0.3 is 10.6 Å². The van der Waals surface area contributed by atoms with Crippen LogP contribution in [0.5, 0.6) is 0 Å². The molecule has 262 valence electrons. The lowest BCUT2D eigenvalue weighted by molar-refractivity contribution is -0.123. The number of rotatable bonds is 37. The topological polar surface area (TPSA) is 58.2 Å². The molecule has 0 bridgehead atoms. The van der Waals surface area contributed by atoms with Crippen molar-refractivity contribution in [1.29, 1.82) is 0 Å². The molecular formula is C40H80N2O2. The molecule has 0 spiro atoms. The zero-order valence-corrected chi connectivity index (χ0v) is 30.3. The second-order valence-corrected chi connectivity index (χ2v) is 13.8. The minimum atomic E-state index is 0.147. The number of nitrogens with one attached hydrogen (secondary N) is 2. The molecule has 0 fully saturated rings. The van der Waals surface area contributed by atoms with Crippen LogP contribution in [-0.4, -0.2) is 24.9 Å². The molecule has 0 atom stereocenters. The highest BCUT2D eigenvalue weighted by molar-refractivity contribution is 5.77. The van der Waals surface area contributed by atoms with E-state index in [0.29, 0.717) is 12.8 Å². The fourth-order valence-corrected chi connectivity index (χ4v) is 6.20. The summed E-state index contributed by atoms with van der Waals surface area (Å²) in [5.41, 5.74) is 0. The zero-order valence-electron chi connectivity index (χ0n) is 30.3. The van der Waals surface area contributed by atoms with E-state index < -0.39 is 0 Å². The molecule has 4 nitrogen and oxygen atoms in total. The second kappa shape index (κ2) is 38.1. The predicted molar refractivity (Wildman–Crippen MR) is 194 cm³/mol. The van der Waals surface area contributed by atoms with Crippen molar-refractivity contribution in [1.82, 2.24) is 10.6 Å². The van der Waals surface area contributed by atoms with Crippen LogP contribution >= 0.6 is 0 Å². The van der Waals surface area contributed by atoms with Crippen molar-refractivity contribution < 1.29 is 9.59 Å². The molecule has 2 N–H and O–H groups in total. The highest BCUT2D eigenvalue weighted by Crippen LogP contribution is 2.14. The molecule has 4 heteroatoms. The molecule has 44 heavy (non-hydrogen) atoms. The van der Waals surface area contributed by atoms with Crippen LogP contribution in [0, 0.1) is 0 Å². The van der Waals surface area contributed by atoms with E-state index in [1.54, 1.807) is 0 Å². The standard InChI is InChI=1S/C40H80N2O2/c1-3-5-7-9-11-13-15-17-19-21-23-25-27-29-33-37-41-39(43)35-31-32-36-40(44)42-38-34-30-28-26-24-22-20-18-16-14-12-10-8-6-4-2/h3-38H2,1-2H3,(H,41,43)(H,42,44). The quantitative estimate of drug-likeness (QED) is 0.0679. The Morgan fingerprint density at radius 1 is 0.295 bits per heavy atom. The maximum atomic E-state index is 12.1. The van der Waals surface area contributed by atoms with E-state index in [1.807, 2.05) is 0 Å². The molecule has 0 aromatic rings. The number of hydrogen-bond acceptors (Lipinski definition) is 2. The smallest absolute Gasteiger partial charge is 0.219 e. The third kappa shape index (κ3) is 37.1. The summed E-state index contributed by atoms with van der Waals surface area (Å²) in [6, 6.07) is 0. The Kier molecular flexibility index (Phi) is 37.2. The average Bonchev–Trinajstić information content (AvgIpc) is 3.02. The van der Waals surface area contributed by atoms with Gasteiger partial charge in [0.05, 0.1) is 0 Å². The van der Waals surface area contributed by atoms with Crippen LogP contribution in [0.15, 0.2) is 0 Å². The summed E-state index contributed by atoms with van der Waals surface area (Å²) >= 11 is 0. The molecule has 0 aliphatic carbocycles. The van der Waals surface area contributed by atoms with Crippen LogP contribution in [0.25, 0.3) is 0 Å². The van der Waals surface area contributed by atoms with E-state index in [2.05, 4.69) is 24.5 Å². The third-order valence-corrected chi connectivity index (χ3v) is 9.26. The molecule has 0 aromatic carbocycles. The van der Waals surface area contributed by atoms with Gasteiger partial charge in [-0.25, -0.2) is 0 Å². The Morgan fingerprint density at radius 2 is 0.500 bits per heavy atom. The number of amides is 2. The van der Waals surface area contributed by atoms with Gasteiger partial charge in [-0.05, 0) is 25.7 Å². The monoisotopic (exact) mass is 621 g/mol. The van der Waals surface area contributed by atoms with Crippen molar-refractivity contribution in [2.45, 2.75) is 232 Å². The second-order valence-electron chi connectivity index (χ2n) is 13.8. The van der Waals surface area contributed by atoms with E-state index in [9.17, 15) is 9.59 Å². The van der Waals surface area contributed by atoms with E-state index in [4.69, 9.17) is 0 Å². The first-order chi connectivity index (χ1) is 21.7. The third-order valence-electron chi connectivity index (χ3n) is 9.26. The summed E-state index contributed by atoms with van der Waals surface area (Å²) in [7, 11) is 0. The van der Waals surface area contributed by atoms with Gasteiger partial charge in [0.1, 0.15) is 0 Å². The Hall–Kier alpha value is -1.06. The van der Waals surface area contributed by atoms with Crippen LogP contribution < -0.4 is 10.6 Å². The molecule has 0 aliphatic rings. The lowest BCUT2D eigenvalue weighted by Crippen LogP contribution is -2.25. The van der Waals surface area contributed by atoms with Crippen LogP contribution in [-0.2, 0) is 9.59 Å². The number of carbonyl (C=O) groups is 2. The predicted octanol–water partition coefficient (Wildman–Crippen LogP) is 12.5. The summed E-state index contributed by atoms with van der Waals surface area (Å²) in [6.45, 7) is 6.17. The van der Waals surface area contributed by atoms with Gasteiger partial charge in [-0.1, -0.05) is 194 Å². The lowest BCUT2D eigenvalue weighted by Gasteiger charge is -2.07. The van der Waals surface area contributed by atoms with Crippen molar-refractivity contribution in [3.63, 3.8) is 0 Å². The molecule has 0 aromatic heterocycles. The van der Waals surface area contributed by atoms with Crippen molar-refractivity contribution in [2.75, 3.05) is 13.1 Å². The van der Waals surface area contributed by atoms with Crippen LogP contribution in [0.4, 0.5) is 0 Å². The van der Waals surface area contributed by atoms with Gasteiger partial charge in [-0.2, -0.15) is 0 Å². The zero-order chi connectivity index (χ0) is 32.0. The van der Waals surface area contributed by atoms with E-state index in [0.717, 1.165) is 38.8 Å². The minimum Gasteiger partial charge on any atom is -0.356 e. The maximum absolute atomic E-state index is 12.1. The maximum Gasteiger partial charge on any atom is 0.219 e. The molecule has 2 amide bonds. The number of carbonyl (C=O) groups excluding carboxylic acids is 2. The summed E-state index contributed by atoms with van der Waals surface area (Å²) in [4.78, 5) is 24.1. The molecule has 0 radical (unpaired) electrons. The van der Waals surface area contributed by atoms with Gasteiger partial charge in [0.25, 0.3) is 0 Å². The van der Waals surface area contributed by atoms with Crippen LogP contribution in [0.2, 0.25) is 0 Å². The molecule has 0 heterocycles. The van der Waals surface area contributed by atoms with Crippen molar-refractivity contribution in [3.8, 4) is 0 Å². The Morgan fingerprint density at radius 3 is 0.727 bits per heavy atom. The largest absolute Gasteiger partial charge is 0.356 e. The van der Waals surface area contributed by atoms with Crippen LogP contribution in [0.1, 0.15) is 232 Å². The number of unbranched alkanes of at least 4 members (excludes halogenated alkanes) is 29. The molecule has 0 aliphatic heterocycles. The highest BCUT2D eigenvalue weighted by Gasteiger charge is 2.04. The fourth-order valence-electron chi connectivity index (χ4n) is 6.20. The van der Waals surface area contributed by atoms with E-state index >= 15 is 0 Å². The molecule has 0 saturated carbocycles. The first kappa shape index (κ1) is 42.9. The number of hydrogen-bond donors (Lipinski definition) is 2. The highest BCUT2D eigenvalue weighted by atomic mass is 16.2. The SMILES string of the molecule is CCCCCCCCCCCCCCCCCNC(=O)CCCCC(=O)NCCCCCCCCCCCCCCCCC. The molecule has 0 saturated heterocycles. The summed E-state index contributed by atoms with van der Waals surface area (Å²) in [6.07, 6.45) is 43.6. The molecule has 0 unspecified atom stereocenters. The van der Waals surface area contributed by atoms with Gasteiger partial charge in [-0.3, -0.25) is 9.59 Å². The summed E-state index contributed by atoms with van der Waals surface area (Å²) in [5.74, 6) is 0.294. The summed E-state index contributed by atoms with van der Waals surface area (Å²) in [5, 5.41) is 6.13. The normalized spacial score (nSPS) is 11.2. The van der Waals surface area contributed by atoms with Gasteiger partial charge in [0.2, 0.25) is 11.8 Å². The van der Waals surface area contributed by atoms with Crippen LogP contribution in [0.3, 0.4) is 0 Å². The molecule has 0 rings (SSSR count). The van der Waals surface area contributed by atoms with E-state index in [1.165, 1.54) is 180 Å². The Labute approximate surface area is 276 Å². The van der Waals surface area contributed by atoms with Crippen molar-refractivity contribution in [2.24, 2.45) is 0 Å². The van der Waals surface area contributed by atoms with Crippen molar-refractivity contribution >= 4 is 11.8 Å². The Balaban J connectivity index is 3.25. The molecular weight excluding hydrogens is 540 g/mol. The van der Waals surface area contributed by atoms with Gasteiger partial charge in [-0.15, -0.1) is 0 Å². The first-order valence-electron chi connectivity index (χ1n) is 20.2. The first-order valence-corrected chi connectivity index (χ1v) is 20.2. The lowest BCUT2D eigenvalue weighted by atomic mass is 10.0. The summed E-state index contributed by atoms with van der Waals surface area (Å²) < 4.78 is 0. The Bertz CT molecular complexity index is 530. The minimum absolute atomic E-state index is 0.147. The fraction of sp³-hybridized carbons (Fsp3) is 0.950. The van der Waals surface area contributed by atoms with Crippen molar-refractivity contribution in [3.05, 3.63) is 0 Å². The average molecular weight is 621 g/mol. The van der Waals surface area contributed by atoms with Gasteiger partial charge in [0, 0.05) is 25.9 Å². The van der Waals surface area contributed by atoms with E-state index in [-0.39, 0.29) is 11.8 Å². The van der Waals surface area contributed by atoms with Gasteiger partial charge >= 0.3 is 0 Å².